The topological polar surface area (TPSA) is 51.5 Å². The van der Waals surface area contributed by atoms with Crippen molar-refractivity contribution >= 4 is 26.8 Å². The fraction of sp³-hybridized carbons (Fsp3) is 0.176. The van der Waals surface area contributed by atoms with Crippen LogP contribution < -0.4 is 10.9 Å². The molecular formula is C17H17BrN3O+. The highest BCUT2D eigenvalue weighted by atomic mass is 79.9. The van der Waals surface area contributed by atoms with Gasteiger partial charge in [-0.2, -0.15) is 0 Å². The minimum Gasteiger partial charge on any atom is -0.340 e. The summed E-state index contributed by atoms with van der Waals surface area (Å²) in [5.41, 5.74) is 1.54. The van der Waals surface area contributed by atoms with Crippen molar-refractivity contribution in [3.63, 3.8) is 0 Å². The molecule has 0 saturated heterocycles. The Morgan fingerprint density at radius 2 is 1.82 bits per heavy atom. The van der Waals surface area contributed by atoms with Gasteiger partial charge in [0, 0.05) is 4.47 Å². The third-order valence-corrected chi connectivity index (χ3v) is 4.32. The van der Waals surface area contributed by atoms with Crippen LogP contribution in [0.25, 0.3) is 16.6 Å². The molecule has 0 spiro atoms. The van der Waals surface area contributed by atoms with Crippen LogP contribution in [0.4, 0.5) is 0 Å². The lowest BCUT2D eigenvalue weighted by Crippen LogP contribution is -2.80. The quantitative estimate of drug-likeness (QED) is 0.781. The monoisotopic (exact) mass is 358 g/mol. The average molecular weight is 359 g/mol. The molecule has 22 heavy (non-hydrogen) atoms. The predicted molar refractivity (Wildman–Crippen MR) is 91.3 cm³/mol. The Morgan fingerprint density at radius 3 is 2.50 bits per heavy atom. The van der Waals surface area contributed by atoms with E-state index in [1.165, 1.54) is 0 Å². The Bertz CT molecular complexity index is 871. The number of benzene rings is 2. The van der Waals surface area contributed by atoms with Crippen molar-refractivity contribution in [2.75, 3.05) is 7.05 Å². The van der Waals surface area contributed by atoms with Gasteiger partial charge in [-0.3, -0.25) is 9.36 Å². The van der Waals surface area contributed by atoms with E-state index in [4.69, 9.17) is 4.98 Å². The molecule has 0 aliphatic carbocycles. The molecule has 0 aliphatic rings. The smallest absolute Gasteiger partial charge is 0.266 e. The Labute approximate surface area is 136 Å². The van der Waals surface area contributed by atoms with Gasteiger partial charge in [0.1, 0.15) is 6.04 Å². The van der Waals surface area contributed by atoms with Crippen molar-refractivity contribution in [3.05, 3.63) is 69.2 Å². The third-order valence-electron chi connectivity index (χ3n) is 3.79. The second kappa shape index (κ2) is 6.02. The number of halogens is 1. The summed E-state index contributed by atoms with van der Waals surface area (Å²) in [4.78, 5) is 17.7. The van der Waals surface area contributed by atoms with Gasteiger partial charge < -0.3 is 5.32 Å². The molecule has 2 aromatic carbocycles. The van der Waals surface area contributed by atoms with Crippen molar-refractivity contribution in [3.8, 4) is 5.69 Å². The summed E-state index contributed by atoms with van der Waals surface area (Å²) in [6.45, 7) is 2.05. The van der Waals surface area contributed by atoms with Crippen molar-refractivity contribution in [2.24, 2.45) is 0 Å². The summed E-state index contributed by atoms with van der Waals surface area (Å²) in [6.07, 6.45) is 0. The molecule has 0 bridgehead atoms. The van der Waals surface area contributed by atoms with Gasteiger partial charge in [-0.05, 0) is 43.3 Å². The van der Waals surface area contributed by atoms with Gasteiger partial charge in [0.25, 0.3) is 5.56 Å². The zero-order valence-corrected chi connectivity index (χ0v) is 14.0. The summed E-state index contributed by atoms with van der Waals surface area (Å²) in [7, 11) is 1.98. The largest absolute Gasteiger partial charge is 0.340 e. The average Bonchev–Trinajstić information content (AvgIpc) is 2.55. The van der Waals surface area contributed by atoms with Gasteiger partial charge in [-0.15, -0.1) is 0 Å². The Hall–Kier alpha value is -1.98. The summed E-state index contributed by atoms with van der Waals surface area (Å²) in [5, 5.41) is 2.68. The van der Waals surface area contributed by atoms with E-state index in [0.29, 0.717) is 5.39 Å². The van der Waals surface area contributed by atoms with Crippen LogP contribution in [0.15, 0.2) is 57.8 Å². The lowest BCUT2D eigenvalue weighted by atomic mass is 10.2. The molecule has 3 aromatic rings. The number of nitrogens with zero attached hydrogens (tertiary/aromatic N) is 2. The van der Waals surface area contributed by atoms with Crippen LogP contribution in [0.5, 0.6) is 0 Å². The van der Waals surface area contributed by atoms with Crippen LogP contribution in [-0.4, -0.2) is 16.6 Å². The second-order valence-corrected chi connectivity index (χ2v) is 6.14. The molecule has 0 amide bonds. The van der Waals surface area contributed by atoms with E-state index in [9.17, 15) is 4.79 Å². The molecule has 5 heteroatoms. The lowest BCUT2D eigenvalue weighted by molar-refractivity contribution is -0.668. The minimum atomic E-state index is -0.0309. The third kappa shape index (κ3) is 2.58. The summed E-state index contributed by atoms with van der Waals surface area (Å²) in [6, 6.07) is 15.3. The molecule has 0 saturated carbocycles. The van der Waals surface area contributed by atoms with Gasteiger partial charge in [-0.25, -0.2) is 4.98 Å². The first-order valence-electron chi connectivity index (χ1n) is 7.19. The summed E-state index contributed by atoms with van der Waals surface area (Å²) < 4.78 is 2.69. The number of aromatic nitrogens is 2. The summed E-state index contributed by atoms with van der Waals surface area (Å²) >= 11 is 3.43. The standard InChI is InChI=1S/C17H16BrN3O/c1-11(19-2)16-20-15-6-4-3-5-14(15)17(22)21(16)13-9-7-12(18)8-10-13/h3-11,19H,1-2H3/p+1/t11-/m1/s1. The number of hydrogen-bond donors (Lipinski definition) is 1. The Balaban J connectivity index is 2.37. The first-order chi connectivity index (χ1) is 10.6. The molecule has 0 unspecified atom stereocenters. The Kier molecular flexibility index (Phi) is 4.09. The molecule has 4 nitrogen and oxygen atoms in total. The van der Waals surface area contributed by atoms with Crippen molar-refractivity contribution in [2.45, 2.75) is 13.0 Å². The first kappa shape index (κ1) is 14.9. The molecule has 112 valence electrons. The molecule has 0 radical (unpaired) electrons. The number of quaternary nitrogens is 1. The highest BCUT2D eigenvalue weighted by molar-refractivity contribution is 9.10. The van der Waals surface area contributed by atoms with E-state index in [1.807, 2.05) is 67.8 Å². The van der Waals surface area contributed by atoms with E-state index in [-0.39, 0.29) is 11.6 Å². The first-order valence-corrected chi connectivity index (χ1v) is 7.98. The lowest BCUT2D eigenvalue weighted by Gasteiger charge is -2.16. The van der Waals surface area contributed by atoms with Gasteiger partial charge in [0.2, 0.25) is 0 Å². The second-order valence-electron chi connectivity index (χ2n) is 5.23. The van der Waals surface area contributed by atoms with Gasteiger partial charge in [0.05, 0.1) is 23.6 Å². The molecular weight excluding hydrogens is 342 g/mol. The normalized spacial score (nSPS) is 12.5. The molecule has 3 rings (SSSR count). The highest BCUT2D eigenvalue weighted by Gasteiger charge is 2.18. The van der Waals surface area contributed by atoms with E-state index >= 15 is 0 Å². The number of nitrogens with two attached hydrogens (primary N) is 1. The van der Waals surface area contributed by atoms with Crippen LogP contribution in [0.1, 0.15) is 18.8 Å². The maximum absolute atomic E-state index is 13.0. The fourth-order valence-electron chi connectivity index (χ4n) is 2.44. The van der Waals surface area contributed by atoms with Crippen molar-refractivity contribution < 1.29 is 5.32 Å². The predicted octanol–water partition coefficient (Wildman–Crippen LogP) is 2.40. The molecule has 0 fully saturated rings. The SMILES string of the molecule is C[NH2+][C@H](C)c1nc2ccccc2c(=O)n1-c1ccc(Br)cc1. The van der Waals surface area contributed by atoms with Crippen LogP contribution in [0.3, 0.4) is 0 Å². The molecule has 0 aliphatic heterocycles. The molecule has 1 atom stereocenters. The zero-order chi connectivity index (χ0) is 15.7. The van der Waals surface area contributed by atoms with Crippen molar-refractivity contribution in [1.82, 2.24) is 9.55 Å². The van der Waals surface area contributed by atoms with Gasteiger partial charge >= 0.3 is 0 Å². The number of hydrogen-bond acceptors (Lipinski definition) is 2. The van der Waals surface area contributed by atoms with E-state index in [1.54, 1.807) is 4.57 Å². The van der Waals surface area contributed by atoms with E-state index in [2.05, 4.69) is 15.9 Å². The van der Waals surface area contributed by atoms with Crippen molar-refractivity contribution in [1.29, 1.82) is 0 Å². The fourth-order valence-corrected chi connectivity index (χ4v) is 2.71. The maximum atomic E-state index is 13.0. The zero-order valence-electron chi connectivity index (χ0n) is 12.5. The van der Waals surface area contributed by atoms with Crippen LogP contribution in [0, 0.1) is 0 Å². The number of rotatable bonds is 3. The van der Waals surface area contributed by atoms with Gasteiger partial charge in [-0.1, -0.05) is 28.1 Å². The van der Waals surface area contributed by atoms with E-state index in [0.717, 1.165) is 21.5 Å². The summed E-state index contributed by atoms with van der Waals surface area (Å²) in [5.74, 6) is 0.758. The van der Waals surface area contributed by atoms with E-state index < -0.39 is 0 Å². The van der Waals surface area contributed by atoms with Gasteiger partial charge in [0.15, 0.2) is 5.82 Å². The molecule has 2 N–H and O–H groups in total. The highest BCUT2D eigenvalue weighted by Crippen LogP contribution is 2.18. The number of para-hydroxylation sites is 1. The molecule has 1 aromatic heterocycles. The maximum Gasteiger partial charge on any atom is 0.266 e. The number of fused-ring (bicyclic) bond motifs is 1. The van der Waals surface area contributed by atoms with Crippen LogP contribution in [-0.2, 0) is 0 Å². The Morgan fingerprint density at radius 1 is 1.14 bits per heavy atom. The van der Waals surface area contributed by atoms with Crippen LogP contribution >= 0.6 is 15.9 Å². The molecule has 1 heterocycles. The van der Waals surface area contributed by atoms with Crippen LogP contribution in [0.2, 0.25) is 0 Å². The minimum absolute atomic E-state index is 0.0309.